The second kappa shape index (κ2) is 13.4. The number of H-pyrrole nitrogens is 1. The number of aliphatic carboxylic acids is 1. The largest absolute Gasteiger partial charge is 0.497 e. The molecule has 0 unspecified atom stereocenters. The van der Waals surface area contributed by atoms with Crippen LogP contribution in [0.3, 0.4) is 0 Å². The Bertz CT molecular complexity index is 1350. The normalized spacial score (nSPS) is 24.1. The Morgan fingerprint density at radius 2 is 1.75 bits per heavy atom. The third-order valence-corrected chi connectivity index (χ3v) is 6.67. The summed E-state index contributed by atoms with van der Waals surface area (Å²) in [7, 11) is 1.61. The monoisotopic (exact) mass is 580 g/mol. The second-order valence-electron chi connectivity index (χ2n) is 9.49. The number of fused-ring (bicyclic) bond motifs is 1. The van der Waals surface area contributed by atoms with Gasteiger partial charge in [-0.1, -0.05) is 18.2 Å². The van der Waals surface area contributed by atoms with Crippen LogP contribution in [0.2, 0.25) is 0 Å². The molecule has 0 saturated carbocycles. The Morgan fingerprint density at radius 3 is 2.40 bits per heavy atom. The number of hydrogen-bond acceptors (Lipinski definition) is 10. The van der Waals surface area contributed by atoms with Gasteiger partial charge in [0.05, 0.1) is 18.7 Å². The van der Waals surface area contributed by atoms with Crippen LogP contribution in [0.1, 0.15) is 24.2 Å². The van der Waals surface area contributed by atoms with E-state index in [9.17, 15) is 35.1 Å². The summed E-state index contributed by atoms with van der Waals surface area (Å²) in [5.74, 6) is -0.768. The van der Waals surface area contributed by atoms with E-state index < -0.39 is 48.3 Å². The van der Waals surface area contributed by atoms with Crippen LogP contribution in [0.25, 0.3) is 10.9 Å². The van der Waals surface area contributed by atoms with Crippen molar-refractivity contribution in [1.29, 1.82) is 0 Å². The summed E-state index contributed by atoms with van der Waals surface area (Å²) in [6.07, 6.45) is -9.23. The molecule has 3 aromatic rings. The van der Waals surface area contributed by atoms with E-state index in [1.54, 1.807) is 13.2 Å². The topological polar surface area (TPSA) is 191 Å². The molecular formula is C27H33ClN2O10. The summed E-state index contributed by atoms with van der Waals surface area (Å²) in [6, 6.07) is 13.6. The first-order valence-corrected chi connectivity index (χ1v) is 12.4. The number of pyridine rings is 1. The summed E-state index contributed by atoms with van der Waals surface area (Å²) in [5.41, 5.74) is 1.30. The molecule has 1 fully saturated rings. The lowest BCUT2D eigenvalue weighted by molar-refractivity contribution is -0.270. The Hall–Kier alpha value is -3.23. The van der Waals surface area contributed by atoms with E-state index in [-0.39, 0.29) is 36.3 Å². The summed E-state index contributed by atoms with van der Waals surface area (Å²) < 4.78 is 16.0. The predicted octanol–water partition coefficient (Wildman–Crippen LogP) is 0.484. The van der Waals surface area contributed by atoms with Crippen LogP contribution in [-0.2, 0) is 16.0 Å². The fourth-order valence-electron chi connectivity index (χ4n) is 4.52. The van der Waals surface area contributed by atoms with Crippen molar-refractivity contribution in [2.24, 2.45) is 0 Å². The Labute approximate surface area is 235 Å². The van der Waals surface area contributed by atoms with Gasteiger partial charge in [0, 0.05) is 24.0 Å². The Kier molecular flexibility index (Phi) is 10.5. The molecule has 0 bridgehead atoms. The van der Waals surface area contributed by atoms with Gasteiger partial charge in [0.2, 0.25) is 11.8 Å². The molecule has 1 saturated heterocycles. The number of halogens is 1. The molecule has 7 atom stereocenters. The minimum atomic E-state index is -1.87. The number of aliphatic hydroxyl groups excluding tert-OH is 4. The molecule has 1 aromatic heterocycles. The summed E-state index contributed by atoms with van der Waals surface area (Å²) in [5, 5.41) is 54.3. The number of rotatable bonds is 10. The minimum Gasteiger partial charge on any atom is -0.497 e. The molecule has 0 radical (unpaired) electrons. The van der Waals surface area contributed by atoms with Crippen molar-refractivity contribution in [3.63, 3.8) is 0 Å². The maximum absolute atomic E-state index is 12.1. The average Bonchev–Trinajstić information content (AvgIpc) is 2.92. The maximum atomic E-state index is 12.1. The van der Waals surface area contributed by atoms with Gasteiger partial charge in [-0.2, -0.15) is 0 Å². The molecule has 12 nitrogen and oxygen atoms in total. The van der Waals surface area contributed by atoms with Crippen LogP contribution in [0.4, 0.5) is 0 Å². The molecule has 0 spiro atoms. The van der Waals surface area contributed by atoms with E-state index in [1.165, 1.54) is 18.2 Å². The van der Waals surface area contributed by atoms with E-state index in [4.69, 9.17) is 14.2 Å². The van der Waals surface area contributed by atoms with Gasteiger partial charge in [0.1, 0.15) is 29.8 Å². The lowest BCUT2D eigenvalue weighted by Gasteiger charge is -2.38. The van der Waals surface area contributed by atoms with Crippen LogP contribution in [0, 0.1) is 0 Å². The molecule has 13 heteroatoms. The number of carboxylic acids is 1. The number of aromatic nitrogens is 1. The maximum Gasteiger partial charge on any atom is 0.335 e. The standard InChI is InChI=1S/C27H32N2O10.ClH/c1-13(11-14-3-5-15(37-2)6-4-14)28-12-18(30)16-7-9-19(21-17(16)8-10-20(31)29-21)38-27-24(34)22(32)23(33)25(39-27)26(35)36;/h3-10,13,18,22-25,27-28,30,32-34H,11-12H2,1-2H3,(H,29,31)(H,35,36);1H/t13-,18+,22+,23+,24-,25+,27-;/m1./s1. The molecule has 0 amide bonds. The van der Waals surface area contributed by atoms with Gasteiger partial charge in [-0.15, -0.1) is 12.4 Å². The van der Waals surface area contributed by atoms with E-state index in [2.05, 4.69) is 10.3 Å². The number of aromatic amines is 1. The third-order valence-electron chi connectivity index (χ3n) is 6.67. The van der Waals surface area contributed by atoms with Crippen molar-refractivity contribution in [3.05, 3.63) is 70.0 Å². The zero-order valence-corrected chi connectivity index (χ0v) is 22.6. The Morgan fingerprint density at radius 1 is 1.05 bits per heavy atom. The number of hydrogen-bond donors (Lipinski definition) is 7. The van der Waals surface area contributed by atoms with Gasteiger partial charge in [-0.05, 0) is 48.7 Å². The zero-order chi connectivity index (χ0) is 28.3. The van der Waals surface area contributed by atoms with Crippen molar-refractivity contribution in [1.82, 2.24) is 10.3 Å². The van der Waals surface area contributed by atoms with Crippen LogP contribution in [0.15, 0.2) is 53.3 Å². The number of nitrogens with one attached hydrogen (secondary N) is 2. The number of benzene rings is 2. The van der Waals surface area contributed by atoms with Gasteiger partial charge < -0.3 is 50.0 Å². The van der Waals surface area contributed by atoms with Gasteiger partial charge in [0.15, 0.2) is 6.10 Å². The van der Waals surface area contributed by atoms with Crippen molar-refractivity contribution in [2.75, 3.05) is 13.7 Å². The predicted molar refractivity (Wildman–Crippen MR) is 146 cm³/mol. The number of ether oxygens (including phenoxy) is 3. The first-order valence-electron chi connectivity index (χ1n) is 12.4. The molecule has 40 heavy (non-hydrogen) atoms. The number of carbonyl (C=O) groups is 1. The SMILES string of the molecule is COc1ccc(C[C@@H](C)NC[C@H](O)c2ccc(O[C@@H]3O[C@H](C(=O)O)[C@@H](O)[C@H](O)[C@H]3O)c3[nH]c(=O)ccc23)cc1.Cl. The van der Waals surface area contributed by atoms with Crippen LogP contribution in [-0.4, -0.2) is 86.9 Å². The van der Waals surface area contributed by atoms with Crippen molar-refractivity contribution >= 4 is 29.3 Å². The number of aliphatic hydroxyl groups is 4. The van der Waals surface area contributed by atoms with E-state index in [0.717, 1.165) is 17.7 Å². The smallest absolute Gasteiger partial charge is 0.335 e. The summed E-state index contributed by atoms with van der Waals surface area (Å²) in [6.45, 7) is 2.20. The quantitative estimate of drug-likeness (QED) is 0.176. The molecule has 2 aromatic carbocycles. The molecule has 1 aliphatic rings. The van der Waals surface area contributed by atoms with E-state index in [0.29, 0.717) is 10.9 Å². The molecule has 2 heterocycles. The molecule has 7 N–H and O–H groups in total. The zero-order valence-electron chi connectivity index (χ0n) is 21.8. The average molecular weight is 581 g/mol. The van der Waals surface area contributed by atoms with E-state index >= 15 is 0 Å². The van der Waals surface area contributed by atoms with E-state index in [1.807, 2.05) is 31.2 Å². The fourth-order valence-corrected chi connectivity index (χ4v) is 4.52. The minimum absolute atomic E-state index is 0. The number of carboxylic acid groups (broad SMARTS) is 1. The van der Waals surface area contributed by atoms with Crippen LogP contribution < -0.4 is 20.3 Å². The highest BCUT2D eigenvalue weighted by Gasteiger charge is 2.48. The van der Waals surface area contributed by atoms with Crippen molar-refractivity contribution in [2.45, 2.75) is 56.2 Å². The first-order chi connectivity index (χ1) is 18.6. The van der Waals surface area contributed by atoms with Crippen molar-refractivity contribution in [3.8, 4) is 11.5 Å². The first kappa shape index (κ1) is 31.3. The lowest BCUT2D eigenvalue weighted by Crippen LogP contribution is -2.61. The number of methoxy groups -OCH3 is 1. The highest BCUT2D eigenvalue weighted by atomic mass is 35.5. The molecule has 0 aliphatic carbocycles. The van der Waals surface area contributed by atoms with Gasteiger partial charge in [-0.3, -0.25) is 4.79 Å². The molecule has 1 aliphatic heterocycles. The summed E-state index contributed by atoms with van der Waals surface area (Å²) >= 11 is 0. The molecule has 218 valence electrons. The lowest BCUT2D eigenvalue weighted by atomic mass is 9.99. The van der Waals surface area contributed by atoms with Gasteiger partial charge in [-0.25, -0.2) is 4.79 Å². The molecule has 4 rings (SSSR count). The highest BCUT2D eigenvalue weighted by molar-refractivity contribution is 5.87. The fraction of sp³-hybridized carbons (Fsp3) is 0.407. The second-order valence-corrected chi connectivity index (χ2v) is 9.49. The highest BCUT2D eigenvalue weighted by Crippen LogP contribution is 2.32. The van der Waals surface area contributed by atoms with Crippen molar-refractivity contribution < 1.29 is 44.5 Å². The third kappa shape index (κ3) is 6.91. The van der Waals surface area contributed by atoms with Gasteiger partial charge >= 0.3 is 5.97 Å². The van der Waals surface area contributed by atoms with Gasteiger partial charge in [0.25, 0.3) is 0 Å². The molecular weight excluding hydrogens is 548 g/mol. The van der Waals surface area contributed by atoms with Crippen LogP contribution >= 0.6 is 12.4 Å². The summed E-state index contributed by atoms with van der Waals surface area (Å²) in [4.78, 5) is 26.2. The van der Waals surface area contributed by atoms with Crippen LogP contribution in [0.5, 0.6) is 11.5 Å². The Balaban J connectivity index is 0.00000441.